The maximum Gasteiger partial charge on any atom is 0.0332 e. The van der Waals surface area contributed by atoms with E-state index in [1.54, 1.807) is 0 Å². The van der Waals surface area contributed by atoms with E-state index in [0.29, 0.717) is 0 Å². The Labute approximate surface area is 231 Å². The highest BCUT2D eigenvalue weighted by Crippen LogP contribution is 2.53. The van der Waals surface area contributed by atoms with Gasteiger partial charge in [0.25, 0.3) is 0 Å². The average molecular weight is 552 g/mol. The van der Waals surface area contributed by atoms with Gasteiger partial charge >= 0.3 is 0 Å². The van der Waals surface area contributed by atoms with Crippen molar-refractivity contribution in [2.75, 3.05) is 0 Å². The van der Waals surface area contributed by atoms with E-state index in [-0.39, 0.29) is 5.41 Å². The topological polar surface area (TPSA) is 0 Å². The first-order chi connectivity index (χ1) is 18.5. The van der Waals surface area contributed by atoms with Gasteiger partial charge in [-0.05, 0) is 106 Å². The fourth-order valence-electron chi connectivity index (χ4n) is 7.12. The molecule has 0 bridgehead atoms. The van der Waals surface area contributed by atoms with Crippen molar-refractivity contribution in [3.05, 3.63) is 129 Å². The van der Waals surface area contributed by atoms with Crippen molar-refractivity contribution in [3.8, 4) is 11.1 Å². The molecular weight excluding hydrogens is 524 g/mol. The monoisotopic (exact) mass is 550 g/mol. The Hall–Kier alpha value is -3.68. The lowest BCUT2D eigenvalue weighted by Gasteiger charge is -2.22. The van der Waals surface area contributed by atoms with Gasteiger partial charge in [0.15, 0.2) is 0 Å². The maximum absolute atomic E-state index is 3.88. The van der Waals surface area contributed by atoms with E-state index in [1.807, 2.05) is 0 Å². The second kappa shape index (κ2) is 7.91. The zero-order valence-corrected chi connectivity index (χ0v) is 23.2. The number of halogens is 1. The van der Waals surface area contributed by atoms with Crippen LogP contribution < -0.4 is 0 Å². The summed E-state index contributed by atoms with van der Waals surface area (Å²) in [6.07, 6.45) is 6.95. The summed E-state index contributed by atoms with van der Waals surface area (Å²) >= 11 is 3.88. The summed E-state index contributed by atoms with van der Waals surface area (Å²) in [4.78, 5) is 0. The van der Waals surface area contributed by atoms with Gasteiger partial charge in [-0.3, -0.25) is 0 Å². The van der Waals surface area contributed by atoms with Crippen molar-refractivity contribution in [1.82, 2.24) is 0 Å². The van der Waals surface area contributed by atoms with Crippen LogP contribution in [0.5, 0.6) is 0 Å². The van der Waals surface area contributed by atoms with Gasteiger partial charge in [-0.25, -0.2) is 0 Å². The smallest absolute Gasteiger partial charge is 0.0332 e. The highest BCUT2D eigenvalue weighted by molar-refractivity contribution is 9.10. The molecular formula is C37H27Br. The molecule has 0 saturated heterocycles. The zero-order valence-electron chi connectivity index (χ0n) is 21.6. The summed E-state index contributed by atoms with van der Waals surface area (Å²) in [5, 5.41) is 7.99. The SMILES string of the molecule is CC1(C)c2cc(/C=C/c3c4ccccc4c(Br)c4ccccc34)ccc2-c2c1cc1c3c(cccc23)CC1. The van der Waals surface area contributed by atoms with Gasteiger partial charge in [-0.1, -0.05) is 117 Å². The molecule has 0 unspecified atom stereocenters. The van der Waals surface area contributed by atoms with Gasteiger partial charge in [0.1, 0.15) is 0 Å². The molecule has 0 radical (unpaired) electrons. The minimum Gasteiger partial charge on any atom is -0.0616 e. The van der Waals surface area contributed by atoms with Crippen LogP contribution in [0.15, 0.2) is 95.5 Å². The van der Waals surface area contributed by atoms with Crippen LogP contribution in [0.3, 0.4) is 0 Å². The molecule has 6 aromatic rings. The van der Waals surface area contributed by atoms with Crippen molar-refractivity contribution in [2.24, 2.45) is 0 Å². The molecule has 0 saturated carbocycles. The Morgan fingerprint density at radius 2 is 1.29 bits per heavy atom. The molecule has 0 amide bonds. The van der Waals surface area contributed by atoms with Gasteiger partial charge in [-0.2, -0.15) is 0 Å². The third kappa shape index (κ3) is 2.97. The van der Waals surface area contributed by atoms with Crippen LogP contribution >= 0.6 is 15.9 Å². The summed E-state index contributed by atoms with van der Waals surface area (Å²) in [6.45, 7) is 4.80. The number of rotatable bonds is 2. The Morgan fingerprint density at radius 3 is 2.03 bits per heavy atom. The van der Waals surface area contributed by atoms with E-state index in [2.05, 4.69) is 133 Å². The molecule has 2 aliphatic rings. The molecule has 0 aromatic heterocycles. The van der Waals surface area contributed by atoms with Crippen molar-refractivity contribution < 1.29 is 0 Å². The van der Waals surface area contributed by atoms with Crippen LogP contribution in [0, 0.1) is 0 Å². The van der Waals surface area contributed by atoms with Gasteiger partial charge in [0.2, 0.25) is 0 Å². The molecule has 2 aliphatic carbocycles. The van der Waals surface area contributed by atoms with E-state index in [0.717, 1.165) is 0 Å². The molecule has 0 aliphatic heterocycles. The Morgan fingerprint density at radius 1 is 0.632 bits per heavy atom. The Kier molecular flexibility index (Phi) is 4.65. The van der Waals surface area contributed by atoms with Crippen LogP contribution in [0.25, 0.3) is 55.6 Å². The summed E-state index contributed by atoms with van der Waals surface area (Å²) in [5.41, 5.74) is 11.3. The molecule has 38 heavy (non-hydrogen) atoms. The lowest BCUT2D eigenvalue weighted by molar-refractivity contribution is 0.659. The maximum atomic E-state index is 3.88. The number of aryl methyl sites for hydroxylation is 2. The largest absolute Gasteiger partial charge is 0.0616 e. The molecule has 182 valence electrons. The average Bonchev–Trinajstić information content (AvgIpc) is 3.46. The number of benzene rings is 6. The predicted octanol–water partition coefficient (Wildman–Crippen LogP) is 10.5. The first kappa shape index (κ1) is 22.3. The molecule has 0 heterocycles. The molecule has 0 atom stereocenters. The Bertz CT molecular complexity index is 1950. The van der Waals surface area contributed by atoms with E-state index < -0.39 is 0 Å². The van der Waals surface area contributed by atoms with Crippen molar-refractivity contribution in [3.63, 3.8) is 0 Å². The van der Waals surface area contributed by atoms with Crippen LogP contribution in [-0.4, -0.2) is 0 Å². The molecule has 6 aromatic carbocycles. The highest BCUT2D eigenvalue weighted by atomic mass is 79.9. The number of hydrogen-bond acceptors (Lipinski definition) is 0. The summed E-state index contributed by atoms with van der Waals surface area (Å²) in [6, 6.07) is 33.9. The Balaban J connectivity index is 1.30. The minimum absolute atomic E-state index is 0.0190. The summed E-state index contributed by atoms with van der Waals surface area (Å²) < 4.78 is 1.17. The first-order valence-corrected chi connectivity index (χ1v) is 14.3. The van der Waals surface area contributed by atoms with Gasteiger partial charge < -0.3 is 0 Å². The van der Waals surface area contributed by atoms with Crippen molar-refractivity contribution in [2.45, 2.75) is 32.1 Å². The van der Waals surface area contributed by atoms with Crippen LogP contribution in [0.1, 0.15) is 47.2 Å². The normalized spacial score (nSPS) is 15.1. The lowest BCUT2D eigenvalue weighted by Crippen LogP contribution is -2.15. The third-order valence-electron chi connectivity index (χ3n) is 9.00. The van der Waals surface area contributed by atoms with Gasteiger partial charge in [0, 0.05) is 9.89 Å². The third-order valence-corrected chi connectivity index (χ3v) is 9.86. The molecule has 0 spiro atoms. The van der Waals surface area contributed by atoms with Crippen LogP contribution in [0.2, 0.25) is 0 Å². The van der Waals surface area contributed by atoms with E-state index in [4.69, 9.17) is 0 Å². The highest BCUT2D eigenvalue weighted by Gasteiger charge is 2.38. The van der Waals surface area contributed by atoms with E-state index in [9.17, 15) is 0 Å². The summed E-state index contributed by atoms with van der Waals surface area (Å²) in [5.74, 6) is 0. The van der Waals surface area contributed by atoms with E-state index in [1.165, 1.54) is 94.1 Å². The quantitative estimate of drug-likeness (QED) is 0.148. The predicted molar refractivity (Wildman–Crippen MR) is 167 cm³/mol. The second-order valence-electron chi connectivity index (χ2n) is 11.4. The van der Waals surface area contributed by atoms with Crippen LogP contribution in [0.4, 0.5) is 0 Å². The van der Waals surface area contributed by atoms with Crippen LogP contribution in [-0.2, 0) is 18.3 Å². The molecule has 0 nitrogen and oxygen atoms in total. The molecule has 8 rings (SSSR count). The first-order valence-electron chi connectivity index (χ1n) is 13.5. The zero-order chi connectivity index (χ0) is 25.6. The standard InChI is InChI=1S/C37H27Br/c1-37(2)32-20-22(14-18-27-25-9-3-5-11-28(25)36(38)29-12-6-4-10-26(27)29)15-19-30(32)35-31-13-7-8-23-16-17-24(34(23)31)21-33(35)37/h3-15,18-21H,16-17H2,1-2H3/b18-14+. The fraction of sp³-hybridized carbons (Fsp3) is 0.135. The molecule has 1 heteroatoms. The number of hydrogen-bond donors (Lipinski definition) is 0. The van der Waals surface area contributed by atoms with E-state index >= 15 is 0 Å². The fourth-order valence-corrected chi connectivity index (χ4v) is 7.81. The number of fused-ring (bicyclic) bond motifs is 6. The summed E-state index contributed by atoms with van der Waals surface area (Å²) in [7, 11) is 0. The van der Waals surface area contributed by atoms with Gasteiger partial charge in [-0.15, -0.1) is 0 Å². The van der Waals surface area contributed by atoms with Crippen molar-refractivity contribution >= 4 is 60.4 Å². The minimum atomic E-state index is -0.0190. The van der Waals surface area contributed by atoms with Gasteiger partial charge in [0.05, 0.1) is 0 Å². The molecule has 0 N–H and O–H groups in total. The second-order valence-corrected chi connectivity index (χ2v) is 12.2. The molecule has 0 fully saturated rings. The lowest BCUT2D eigenvalue weighted by atomic mass is 9.81. The van der Waals surface area contributed by atoms with Crippen molar-refractivity contribution in [1.29, 1.82) is 0 Å².